The molecule has 0 unspecified atom stereocenters. The number of hydrogen-bond donors (Lipinski definition) is 1. The molecule has 0 aliphatic rings. The van der Waals surface area contributed by atoms with E-state index in [1.807, 2.05) is 24.3 Å². The van der Waals surface area contributed by atoms with E-state index in [4.69, 9.17) is 0 Å². The van der Waals surface area contributed by atoms with Crippen molar-refractivity contribution in [3.8, 4) is 11.4 Å². The Bertz CT molecular complexity index is 732. The first kappa shape index (κ1) is 11.9. The van der Waals surface area contributed by atoms with Gasteiger partial charge in [-0.25, -0.2) is 4.98 Å². The van der Waals surface area contributed by atoms with Crippen LogP contribution in [0.1, 0.15) is 5.56 Å². The molecule has 2 nitrogen and oxygen atoms in total. The monoisotopic (exact) mass is 364 g/mol. The van der Waals surface area contributed by atoms with E-state index >= 15 is 0 Å². The van der Waals surface area contributed by atoms with Crippen LogP contribution in [0, 0.1) is 6.92 Å². The molecular weight excluding hydrogens is 356 g/mol. The Morgan fingerprint density at radius 2 is 1.89 bits per heavy atom. The van der Waals surface area contributed by atoms with Gasteiger partial charge < -0.3 is 4.98 Å². The summed E-state index contributed by atoms with van der Waals surface area (Å²) in [5.74, 6) is 0.905. The van der Waals surface area contributed by atoms with E-state index in [1.165, 1.54) is 5.56 Å². The first-order valence-corrected chi connectivity index (χ1v) is 7.14. The molecule has 0 spiro atoms. The standard InChI is InChI=1S/C14H10Br2N2/c1-8-4-2-3-5-10(8)14-17-12-7-9(15)6-11(16)13(12)18-14/h2-7H,1H3,(H,17,18). The first-order chi connectivity index (χ1) is 8.65. The van der Waals surface area contributed by atoms with Crippen LogP contribution in [0.25, 0.3) is 22.4 Å². The summed E-state index contributed by atoms with van der Waals surface area (Å²) < 4.78 is 2.02. The number of aryl methyl sites for hydroxylation is 1. The number of H-pyrrole nitrogens is 1. The van der Waals surface area contributed by atoms with Crippen LogP contribution in [0.2, 0.25) is 0 Å². The third-order valence-corrected chi connectivity index (χ3v) is 3.97. The van der Waals surface area contributed by atoms with Crippen molar-refractivity contribution in [1.82, 2.24) is 9.97 Å². The molecule has 1 N–H and O–H groups in total. The molecule has 0 saturated carbocycles. The molecule has 90 valence electrons. The van der Waals surface area contributed by atoms with Gasteiger partial charge in [0.05, 0.1) is 5.52 Å². The molecule has 18 heavy (non-hydrogen) atoms. The summed E-state index contributed by atoms with van der Waals surface area (Å²) in [6, 6.07) is 12.3. The number of hydrogen-bond acceptors (Lipinski definition) is 1. The third-order valence-electron chi connectivity index (χ3n) is 2.91. The highest BCUT2D eigenvalue weighted by atomic mass is 79.9. The zero-order valence-corrected chi connectivity index (χ0v) is 12.8. The van der Waals surface area contributed by atoms with Crippen molar-refractivity contribution in [2.24, 2.45) is 0 Å². The molecule has 3 aromatic rings. The predicted octanol–water partition coefficient (Wildman–Crippen LogP) is 5.06. The van der Waals surface area contributed by atoms with Crippen molar-refractivity contribution in [1.29, 1.82) is 0 Å². The number of halogens is 2. The maximum Gasteiger partial charge on any atom is 0.138 e. The van der Waals surface area contributed by atoms with Gasteiger partial charge in [0, 0.05) is 14.5 Å². The summed E-state index contributed by atoms with van der Waals surface area (Å²) in [5.41, 5.74) is 4.33. The van der Waals surface area contributed by atoms with Gasteiger partial charge in [-0.1, -0.05) is 40.2 Å². The molecular formula is C14H10Br2N2. The summed E-state index contributed by atoms with van der Waals surface area (Å²) in [6.45, 7) is 2.09. The lowest BCUT2D eigenvalue weighted by Gasteiger charge is -2.00. The van der Waals surface area contributed by atoms with Crippen molar-refractivity contribution in [3.63, 3.8) is 0 Å². The van der Waals surface area contributed by atoms with Crippen LogP contribution < -0.4 is 0 Å². The first-order valence-electron chi connectivity index (χ1n) is 5.56. The van der Waals surface area contributed by atoms with Crippen LogP contribution in [0.4, 0.5) is 0 Å². The molecule has 3 rings (SSSR count). The summed E-state index contributed by atoms with van der Waals surface area (Å²) >= 11 is 7.03. The Hall–Kier alpha value is -1.13. The van der Waals surface area contributed by atoms with E-state index < -0.39 is 0 Å². The molecule has 2 aromatic carbocycles. The highest BCUT2D eigenvalue weighted by Gasteiger charge is 2.10. The van der Waals surface area contributed by atoms with E-state index in [0.717, 1.165) is 31.4 Å². The number of aromatic nitrogens is 2. The second-order valence-electron chi connectivity index (χ2n) is 4.18. The van der Waals surface area contributed by atoms with Gasteiger partial charge in [0.15, 0.2) is 0 Å². The zero-order valence-electron chi connectivity index (χ0n) is 9.67. The summed E-state index contributed by atoms with van der Waals surface area (Å²) in [7, 11) is 0. The minimum absolute atomic E-state index is 0.905. The molecule has 0 saturated heterocycles. The summed E-state index contributed by atoms with van der Waals surface area (Å²) in [4.78, 5) is 8.02. The number of nitrogens with zero attached hydrogens (tertiary/aromatic N) is 1. The predicted molar refractivity (Wildman–Crippen MR) is 81.7 cm³/mol. The molecule has 1 heterocycles. The molecule has 0 bridgehead atoms. The van der Waals surface area contributed by atoms with E-state index in [-0.39, 0.29) is 0 Å². The maximum atomic E-state index is 4.66. The SMILES string of the molecule is Cc1ccccc1-c1nc2c(Br)cc(Br)cc2[nH]1. The number of nitrogens with one attached hydrogen (secondary N) is 1. The third kappa shape index (κ3) is 1.99. The lowest BCUT2D eigenvalue weighted by atomic mass is 10.1. The fraction of sp³-hybridized carbons (Fsp3) is 0.0714. The van der Waals surface area contributed by atoms with Crippen molar-refractivity contribution in [2.75, 3.05) is 0 Å². The lowest BCUT2D eigenvalue weighted by molar-refractivity contribution is 1.31. The van der Waals surface area contributed by atoms with E-state index in [1.54, 1.807) is 0 Å². The summed E-state index contributed by atoms with van der Waals surface area (Å²) in [5, 5.41) is 0. The fourth-order valence-corrected chi connectivity index (χ4v) is 3.32. The summed E-state index contributed by atoms with van der Waals surface area (Å²) in [6.07, 6.45) is 0. The molecule has 0 aliphatic carbocycles. The molecule has 1 aromatic heterocycles. The normalized spacial score (nSPS) is 11.1. The number of aromatic amines is 1. The van der Waals surface area contributed by atoms with Crippen LogP contribution >= 0.6 is 31.9 Å². The highest BCUT2D eigenvalue weighted by molar-refractivity contribution is 9.11. The lowest BCUT2D eigenvalue weighted by Crippen LogP contribution is -1.83. The van der Waals surface area contributed by atoms with Gasteiger partial charge in [-0.3, -0.25) is 0 Å². The average molecular weight is 366 g/mol. The van der Waals surface area contributed by atoms with Crippen LogP contribution in [0.15, 0.2) is 45.3 Å². The van der Waals surface area contributed by atoms with Crippen molar-refractivity contribution >= 4 is 42.9 Å². The highest BCUT2D eigenvalue weighted by Crippen LogP contribution is 2.30. The van der Waals surface area contributed by atoms with Gasteiger partial charge >= 0.3 is 0 Å². The van der Waals surface area contributed by atoms with Gasteiger partial charge in [0.2, 0.25) is 0 Å². The Labute approximate surface area is 122 Å². The Morgan fingerprint density at radius 1 is 1.11 bits per heavy atom. The Kier molecular flexibility index (Phi) is 2.99. The average Bonchev–Trinajstić information content (AvgIpc) is 2.73. The van der Waals surface area contributed by atoms with Crippen LogP contribution in [0.5, 0.6) is 0 Å². The molecule has 4 heteroatoms. The van der Waals surface area contributed by atoms with Gasteiger partial charge in [-0.05, 0) is 40.5 Å². The largest absolute Gasteiger partial charge is 0.338 e. The molecule has 0 radical (unpaired) electrons. The van der Waals surface area contributed by atoms with Crippen LogP contribution in [-0.2, 0) is 0 Å². The van der Waals surface area contributed by atoms with Gasteiger partial charge in [-0.2, -0.15) is 0 Å². The van der Waals surface area contributed by atoms with Crippen LogP contribution in [0.3, 0.4) is 0 Å². The topological polar surface area (TPSA) is 28.7 Å². The Balaban J connectivity index is 2.26. The maximum absolute atomic E-state index is 4.66. The number of rotatable bonds is 1. The van der Waals surface area contributed by atoms with E-state index in [9.17, 15) is 0 Å². The van der Waals surface area contributed by atoms with E-state index in [0.29, 0.717) is 0 Å². The molecule has 0 atom stereocenters. The number of imidazole rings is 1. The van der Waals surface area contributed by atoms with Crippen molar-refractivity contribution < 1.29 is 0 Å². The minimum Gasteiger partial charge on any atom is -0.338 e. The Morgan fingerprint density at radius 3 is 2.67 bits per heavy atom. The molecule has 0 aliphatic heterocycles. The number of fused-ring (bicyclic) bond motifs is 1. The van der Waals surface area contributed by atoms with Gasteiger partial charge in [0.1, 0.15) is 11.3 Å². The zero-order chi connectivity index (χ0) is 12.7. The minimum atomic E-state index is 0.905. The van der Waals surface area contributed by atoms with Gasteiger partial charge in [-0.15, -0.1) is 0 Å². The molecule has 0 amide bonds. The van der Waals surface area contributed by atoms with Crippen molar-refractivity contribution in [2.45, 2.75) is 6.92 Å². The van der Waals surface area contributed by atoms with E-state index in [2.05, 4.69) is 60.9 Å². The fourth-order valence-electron chi connectivity index (χ4n) is 2.01. The van der Waals surface area contributed by atoms with Gasteiger partial charge in [0.25, 0.3) is 0 Å². The van der Waals surface area contributed by atoms with Crippen LogP contribution in [-0.4, -0.2) is 9.97 Å². The smallest absolute Gasteiger partial charge is 0.138 e. The quantitative estimate of drug-likeness (QED) is 0.641. The number of benzene rings is 2. The van der Waals surface area contributed by atoms with Crippen molar-refractivity contribution in [3.05, 3.63) is 50.9 Å². The molecule has 0 fully saturated rings. The second kappa shape index (κ2) is 4.52. The second-order valence-corrected chi connectivity index (χ2v) is 5.95.